The normalized spacial score (nSPS) is 12.6. The molecule has 3 aromatic carbocycles. The Morgan fingerprint density at radius 3 is 2.34 bits per heavy atom. The molecule has 1 aliphatic rings. The molecule has 0 atom stereocenters. The maximum atomic E-state index is 12.1. The summed E-state index contributed by atoms with van der Waals surface area (Å²) in [5, 5.41) is 12.4. The van der Waals surface area contributed by atoms with Crippen molar-refractivity contribution in [2.24, 2.45) is 0 Å². The van der Waals surface area contributed by atoms with Crippen molar-refractivity contribution in [3.8, 4) is 16.9 Å². The van der Waals surface area contributed by atoms with Crippen LogP contribution in [0.2, 0.25) is 0 Å². The predicted octanol–water partition coefficient (Wildman–Crippen LogP) is 5.25. The molecule has 0 aromatic heterocycles. The molecular weight excluding hydrogens is 362 g/mol. The van der Waals surface area contributed by atoms with Crippen molar-refractivity contribution in [2.45, 2.75) is 12.8 Å². The number of aryl methyl sites for hydroxylation is 1. The van der Waals surface area contributed by atoms with Crippen molar-refractivity contribution >= 4 is 12.2 Å². The first kappa shape index (κ1) is 18.8. The Hall–Kier alpha value is -3.53. The number of phenolic OH excluding ortho intramolecular Hbond substituents is 1. The van der Waals surface area contributed by atoms with Gasteiger partial charge in [-0.1, -0.05) is 66.7 Å². The summed E-state index contributed by atoms with van der Waals surface area (Å²) in [4.78, 5) is 12.1. The van der Waals surface area contributed by atoms with Gasteiger partial charge in [-0.2, -0.15) is 0 Å². The molecule has 0 heterocycles. The molecule has 1 aliphatic carbocycles. The SMILES string of the molecule is Cc1cc(O)cc(C=CCNC(=O)OCC2c3ccccc3-c3ccccc32)c1. The Labute approximate surface area is 170 Å². The van der Waals surface area contributed by atoms with Gasteiger partial charge in [-0.25, -0.2) is 4.79 Å². The van der Waals surface area contributed by atoms with Crippen LogP contribution in [0.1, 0.15) is 28.2 Å². The average Bonchev–Trinajstić information content (AvgIpc) is 3.03. The summed E-state index contributed by atoms with van der Waals surface area (Å²) in [5.41, 5.74) is 6.68. The molecule has 0 saturated heterocycles. The summed E-state index contributed by atoms with van der Waals surface area (Å²) < 4.78 is 5.51. The number of hydrogen-bond acceptors (Lipinski definition) is 3. The van der Waals surface area contributed by atoms with Crippen LogP contribution < -0.4 is 5.32 Å². The largest absolute Gasteiger partial charge is 0.508 e. The van der Waals surface area contributed by atoms with Crippen LogP contribution in [0.15, 0.2) is 72.8 Å². The van der Waals surface area contributed by atoms with E-state index < -0.39 is 6.09 Å². The summed E-state index contributed by atoms with van der Waals surface area (Å²) in [6, 6.07) is 21.9. The first-order valence-electron chi connectivity index (χ1n) is 9.68. The van der Waals surface area contributed by atoms with Crippen LogP contribution in [0, 0.1) is 6.92 Å². The van der Waals surface area contributed by atoms with Gasteiger partial charge in [0.1, 0.15) is 12.4 Å². The smallest absolute Gasteiger partial charge is 0.407 e. The van der Waals surface area contributed by atoms with Gasteiger partial charge in [0.25, 0.3) is 0 Å². The number of ether oxygens (including phenoxy) is 1. The Kier molecular flexibility index (Phi) is 5.34. The summed E-state index contributed by atoms with van der Waals surface area (Å²) in [7, 11) is 0. The zero-order valence-corrected chi connectivity index (χ0v) is 16.3. The molecule has 1 amide bonds. The first-order valence-corrected chi connectivity index (χ1v) is 9.68. The van der Waals surface area contributed by atoms with Gasteiger partial charge in [-0.05, 0) is 52.4 Å². The molecule has 29 heavy (non-hydrogen) atoms. The van der Waals surface area contributed by atoms with Crippen LogP contribution in [0.25, 0.3) is 17.2 Å². The monoisotopic (exact) mass is 385 g/mol. The van der Waals surface area contributed by atoms with Crippen molar-refractivity contribution in [3.05, 3.63) is 95.1 Å². The van der Waals surface area contributed by atoms with Crippen molar-refractivity contribution < 1.29 is 14.6 Å². The number of carbonyl (C=O) groups excluding carboxylic acids is 1. The van der Waals surface area contributed by atoms with E-state index in [2.05, 4.69) is 29.6 Å². The van der Waals surface area contributed by atoms with Crippen LogP contribution in [0.4, 0.5) is 4.79 Å². The number of amides is 1. The van der Waals surface area contributed by atoms with Gasteiger partial charge in [0, 0.05) is 12.5 Å². The summed E-state index contributed by atoms with van der Waals surface area (Å²) in [6.45, 7) is 2.58. The summed E-state index contributed by atoms with van der Waals surface area (Å²) >= 11 is 0. The lowest BCUT2D eigenvalue weighted by Crippen LogP contribution is -2.26. The van der Waals surface area contributed by atoms with Crippen LogP contribution in [-0.4, -0.2) is 24.4 Å². The molecule has 4 nitrogen and oxygen atoms in total. The minimum Gasteiger partial charge on any atom is -0.508 e. The Balaban J connectivity index is 1.34. The number of benzene rings is 3. The summed E-state index contributed by atoms with van der Waals surface area (Å²) in [6.07, 6.45) is 3.25. The van der Waals surface area contributed by atoms with E-state index in [1.165, 1.54) is 22.3 Å². The molecule has 0 fully saturated rings. The fourth-order valence-electron chi connectivity index (χ4n) is 3.87. The molecule has 0 spiro atoms. The molecular formula is C25H23NO3. The van der Waals surface area contributed by atoms with E-state index in [4.69, 9.17) is 4.74 Å². The van der Waals surface area contributed by atoms with E-state index in [-0.39, 0.29) is 11.7 Å². The number of carbonyl (C=O) groups is 1. The van der Waals surface area contributed by atoms with Crippen molar-refractivity contribution in [2.75, 3.05) is 13.2 Å². The van der Waals surface area contributed by atoms with Gasteiger partial charge in [-0.3, -0.25) is 0 Å². The topological polar surface area (TPSA) is 58.6 Å². The Morgan fingerprint density at radius 1 is 1.03 bits per heavy atom. The van der Waals surface area contributed by atoms with E-state index in [0.717, 1.165) is 11.1 Å². The quantitative estimate of drug-likeness (QED) is 0.630. The third-order valence-electron chi connectivity index (χ3n) is 5.10. The molecule has 0 aliphatic heterocycles. The fourth-order valence-corrected chi connectivity index (χ4v) is 3.87. The molecule has 4 rings (SSSR count). The van der Waals surface area contributed by atoms with Crippen molar-refractivity contribution in [1.29, 1.82) is 0 Å². The number of nitrogens with one attached hydrogen (secondary N) is 1. The highest BCUT2D eigenvalue weighted by Gasteiger charge is 2.28. The number of alkyl carbamates (subject to hydrolysis) is 1. The standard InChI is InChI=1S/C25H23NO3/c1-17-13-18(15-19(27)14-17)7-6-12-26-25(28)29-16-24-22-10-4-2-8-20(22)21-9-3-5-11-23(21)24/h2-11,13-15,24,27H,12,16H2,1H3,(H,26,28). The third kappa shape index (κ3) is 4.16. The zero-order valence-electron chi connectivity index (χ0n) is 16.3. The van der Waals surface area contributed by atoms with Crippen molar-refractivity contribution in [1.82, 2.24) is 5.32 Å². The first-order chi connectivity index (χ1) is 14.1. The number of fused-ring (bicyclic) bond motifs is 3. The fraction of sp³-hybridized carbons (Fsp3) is 0.160. The molecule has 3 aromatic rings. The molecule has 2 N–H and O–H groups in total. The van der Waals surface area contributed by atoms with Crippen LogP contribution in [0.3, 0.4) is 0 Å². The number of rotatable bonds is 5. The molecule has 0 saturated carbocycles. The van der Waals surface area contributed by atoms with E-state index >= 15 is 0 Å². The van der Waals surface area contributed by atoms with E-state index in [1.807, 2.05) is 49.4 Å². The van der Waals surface area contributed by atoms with Crippen LogP contribution in [-0.2, 0) is 4.74 Å². The maximum absolute atomic E-state index is 12.1. The lowest BCUT2D eigenvalue weighted by Gasteiger charge is -2.14. The Morgan fingerprint density at radius 2 is 1.69 bits per heavy atom. The zero-order chi connectivity index (χ0) is 20.2. The minimum atomic E-state index is -0.441. The van der Waals surface area contributed by atoms with Gasteiger partial charge < -0.3 is 15.2 Å². The number of hydrogen-bond donors (Lipinski definition) is 2. The highest BCUT2D eigenvalue weighted by Crippen LogP contribution is 2.44. The van der Waals surface area contributed by atoms with E-state index in [9.17, 15) is 9.90 Å². The Bertz CT molecular complexity index is 1010. The molecule has 0 radical (unpaired) electrons. The van der Waals surface area contributed by atoms with Crippen LogP contribution in [0.5, 0.6) is 5.75 Å². The van der Waals surface area contributed by atoms with Crippen LogP contribution >= 0.6 is 0 Å². The molecule has 0 bridgehead atoms. The highest BCUT2D eigenvalue weighted by atomic mass is 16.5. The lowest BCUT2D eigenvalue weighted by atomic mass is 9.98. The van der Waals surface area contributed by atoms with Gasteiger partial charge >= 0.3 is 6.09 Å². The maximum Gasteiger partial charge on any atom is 0.407 e. The number of phenols is 1. The second-order valence-electron chi connectivity index (χ2n) is 7.21. The molecule has 4 heteroatoms. The second-order valence-corrected chi connectivity index (χ2v) is 7.21. The van der Waals surface area contributed by atoms with Crippen molar-refractivity contribution in [3.63, 3.8) is 0 Å². The average molecular weight is 385 g/mol. The van der Waals surface area contributed by atoms with Gasteiger partial charge in [0.2, 0.25) is 0 Å². The second kappa shape index (κ2) is 8.23. The third-order valence-corrected chi connectivity index (χ3v) is 5.10. The van der Waals surface area contributed by atoms with E-state index in [1.54, 1.807) is 12.1 Å². The van der Waals surface area contributed by atoms with Gasteiger partial charge in [0.05, 0.1) is 0 Å². The highest BCUT2D eigenvalue weighted by molar-refractivity contribution is 5.79. The molecule has 0 unspecified atom stereocenters. The minimum absolute atomic E-state index is 0.0546. The summed E-state index contributed by atoms with van der Waals surface area (Å²) in [5.74, 6) is 0.285. The van der Waals surface area contributed by atoms with Gasteiger partial charge in [0.15, 0.2) is 0 Å². The number of aromatic hydroxyl groups is 1. The lowest BCUT2D eigenvalue weighted by molar-refractivity contribution is 0.144. The predicted molar refractivity (Wildman–Crippen MR) is 115 cm³/mol. The van der Waals surface area contributed by atoms with Gasteiger partial charge in [-0.15, -0.1) is 0 Å². The van der Waals surface area contributed by atoms with E-state index in [0.29, 0.717) is 13.2 Å². The molecule has 146 valence electrons.